The zero-order valence-electron chi connectivity index (χ0n) is 12.7. The number of allylic oxidation sites excluding steroid dienone is 1. The van der Waals surface area contributed by atoms with E-state index in [1.165, 1.54) is 18.4 Å². The van der Waals surface area contributed by atoms with Crippen LogP contribution in [0.5, 0.6) is 11.5 Å². The van der Waals surface area contributed by atoms with Crippen molar-refractivity contribution in [2.75, 3.05) is 20.8 Å². The number of ether oxygens (including phenoxy) is 2. The zero-order chi connectivity index (χ0) is 14.4. The molecule has 1 aromatic rings. The Morgan fingerprint density at radius 1 is 1.20 bits per heavy atom. The smallest absolute Gasteiger partial charge is 0.127 e. The minimum atomic E-state index is 0.198. The fraction of sp³-hybridized carbons (Fsp3) is 0.529. The van der Waals surface area contributed by atoms with E-state index in [9.17, 15) is 0 Å². The Bertz CT molecular complexity index is 446. The van der Waals surface area contributed by atoms with Crippen molar-refractivity contribution in [2.45, 2.75) is 38.6 Å². The normalized spacial score (nSPS) is 15.8. The quantitative estimate of drug-likeness (QED) is 0.767. The first-order valence-electron chi connectivity index (χ1n) is 7.45. The van der Waals surface area contributed by atoms with Gasteiger partial charge in [0.15, 0.2) is 0 Å². The third kappa shape index (κ3) is 3.15. The molecule has 3 heteroatoms. The van der Waals surface area contributed by atoms with Gasteiger partial charge in [0, 0.05) is 0 Å². The lowest BCUT2D eigenvalue weighted by Gasteiger charge is -2.24. The van der Waals surface area contributed by atoms with Gasteiger partial charge in [-0.1, -0.05) is 24.6 Å². The van der Waals surface area contributed by atoms with Crippen LogP contribution in [-0.4, -0.2) is 20.8 Å². The molecule has 1 aliphatic carbocycles. The van der Waals surface area contributed by atoms with Gasteiger partial charge in [0.1, 0.15) is 11.5 Å². The predicted octanol–water partition coefficient (Wildman–Crippen LogP) is 3.85. The monoisotopic (exact) mass is 275 g/mol. The fourth-order valence-electron chi connectivity index (χ4n) is 2.83. The number of hydrogen-bond donors (Lipinski definition) is 1. The van der Waals surface area contributed by atoms with Crippen molar-refractivity contribution in [3.8, 4) is 11.5 Å². The van der Waals surface area contributed by atoms with Gasteiger partial charge in [-0.05, 0) is 44.4 Å². The van der Waals surface area contributed by atoms with Gasteiger partial charge in [-0.25, -0.2) is 0 Å². The first kappa shape index (κ1) is 14.9. The molecule has 0 radical (unpaired) electrons. The van der Waals surface area contributed by atoms with Crippen molar-refractivity contribution in [2.24, 2.45) is 0 Å². The van der Waals surface area contributed by atoms with Crippen LogP contribution in [0.15, 0.2) is 29.8 Å². The van der Waals surface area contributed by atoms with Crippen LogP contribution in [0, 0.1) is 0 Å². The Labute approximate surface area is 122 Å². The Morgan fingerprint density at radius 2 is 1.90 bits per heavy atom. The third-order valence-corrected chi connectivity index (χ3v) is 3.80. The topological polar surface area (TPSA) is 30.5 Å². The van der Waals surface area contributed by atoms with Gasteiger partial charge in [0.2, 0.25) is 0 Å². The third-order valence-electron chi connectivity index (χ3n) is 3.80. The SMILES string of the molecule is CCCNC(C1=CCCC1)c1c(OC)cccc1OC. The van der Waals surface area contributed by atoms with Crippen LogP contribution < -0.4 is 14.8 Å². The van der Waals surface area contributed by atoms with E-state index in [0.29, 0.717) is 0 Å². The molecule has 0 aliphatic heterocycles. The summed E-state index contributed by atoms with van der Waals surface area (Å²) in [6.45, 7) is 3.18. The highest BCUT2D eigenvalue weighted by atomic mass is 16.5. The van der Waals surface area contributed by atoms with E-state index >= 15 is 0 Å². The van der Waals surface area contributed by atoms with Crippen LogP contribution >= 0.6 is 0 Å². The molecule has 1 atom stereocenters. The van der Waals surface area contributed by atoms with Gasteiger partial charge in [0.25, 0.3) is 0 Å². The van der Waals surface area contributed by atoms with Crippen LogP contribution in [0.1, 0.15) is 44.2 Å². The number of rotatable bonds is 7. The number of methoxy groups -OCH3 is 2. The van der Waals surface area contributed by atoms with E-state index in [-0.39, 0.29) is 6.04 Å². The van der Waals surface area contributed by atoms with Gasteiger partial charge in [-0.15, -0.1) is 0 Å². The molecule has 0 saturated carbocycles. The molecule has 0 aromatic heterocycles. The lowest BCUT2D eigenvalue weighted by molar-refractivity contribution is 0.375. The molecule has 2 rings (SSSR count). The summed E-state index contributed by atoms with van der Waals surface area (Å²) in [6, 6.07) is 6.19. The van der Waals surface area contributed by atoms with Gasteiger partial charge in [0.05, 0.1) is 25.8 Å². The molecule has 0 saturated heterocycles. The zero-order valence-corrected chi connectivity index (χ0v) is 12.7. The summed E-state index contributed by atoms with van der Waals surface area (Å²) in [5, 5.41) is 3.65. The molecule has 0 heterocycles. The second-order valence-corrected chi connectivity index (χ2v) is 5.13. The molecule has 3 nitrogen and oxygen atoms in total. The van der Waals surface area contributed by atoms with Crippen LogP contribution in [0.3, 0.4) is 0 Å². The van der Waals surface area contributed by atoms with Gasteiger partial charge >= 0.3 is 0 Å². The molecular formula is C17H25NO2. The summed E-state index contributed by atoms with van der Waals surface area (Å²) in [5.74, 6) is 1.79. The Morgan fingerprint density at radius 3 is 2.40 bits per heavy atom. The summed E-state index contributed by atoms with van der Waals surface area (Å²) in [5.41, 5.74) is 2.58. The van der Waals surface area contributed by atoms with Gasteiger partial charge in [-0.2, -0.15) is 0 Å². The molecule has 0 bridgehead atoms. The van der Waals surface area contributed by atoms with E-state index in [1.54, 1.807) is 14.2 Å². The molecule has 110 valence electrons. The molecule has 0 spiro atoms. The van der Waals surface area contributed by atoms with Gasteiger partial charge < -0.3 is 14.8 Å². The van der Waals surface area contributed by atoms with Crippen LogP contribution in [0.2, 0.25) is 0 Å². The first-order valence-corrected chi connectivity index (χ1v) is 7.45. The van der Waals surface area contributed by atoms with Crippen molar-refractivity contribution in [3.63, 3.8) is 0 Å². The average molecular weight is 275 g/mol. The van der Waals surface area contributed by atoms with E-state index < -0.39 is 0 Å². The molecule has 0 fully saturated rings. The molecule has 20 heavy (non-hydrogen) atoms. The number of hydrogen-bond acceptors (Lipinski definition) is 3. The minimum absolute atomic E-state index is 0.198. The lowest BCUT2D eigenvalue weighted by atomic mass is 9.96. The van der Waals surface area contributed by atoms with E-state index in [2.05, 4.69) is 18.3 Å². The summed E-state index contributed by atoms with van der Waals surface area (Å²) >= 11 is 0. The second kappa shape index (κ2) is 7.34. The minimum Gasteiger partial charge on any atom is -0.496 e. The van der Waals surface area contributed by atoms with Crippen LogP contribution in [-0.2, 0) is 0 Å². The largest absolute Gasteiger partial charge is 0.496 e. The molecule has 1 aromatic carbocycles. The average Bonchev–Trinajstić information content (AvgIpc) is 3.01. The maximum absolute atomic E-state index is 5.56. The first-order chi connectivity index (χ1) is 9.81. The maximum Gasteiger partial charge on any atom is 0.127 e. The van der Waals surface area contributed by atoms with E-state index in [4.69, 9.17) is 9.47 Å². The molecule has 0 amide bonds. The van der Waals surface area contributed by atoms with Crippen LogP contribution in [0.4, 0.5) is 0 Å². The van der Waals surface area contributed by atoms with Crippen molar-refractivity contribution >= 4 is 0 Å². The Hall–Kier alpha value is -1.48. The highest BCUT2D eigenvalue weighted by molar-refractivity contribution is 5.50. The van der Waals surface area contributed by atoms with Crippen LogP contribution in [0.25, 0.3) is 0 Å². The Balaban J connectivity index is 2.41. The summed E-state index contributed by atoms with van der Waals surface area (Å²) < 4.78 is 11.1. The number of nitrogens with one attached hydrogen (secondary N) is 1. The fourth-order valence-corrected chi connectivity index (χ4v) is 2.83. The van der Waals surface area contributed by atoms with Crippen molar-refractivity contribution in [1.82, 2.24) is 5.32 Å². The lowest BCUT2D eigenvalue weighted by Crippen LogP contribution is -2.24. The maximum atomic E-state index is 5.56. The Kier molecular flexibility index (Phi) is 5.48. The van der Waals surface area contributed by atoms with Crippen molar-refractivity contribution in [1.29, 1.82) is 0 Å². The number of benzene rings is 1. The standard InChI is InChI=1S/C17H25NO2/c1-4-12-18-17(13-8-5-6-9-13)16-14(19-2)10-7-11-15(16)20-3/h7-8,10-11,17-18H,4-6,9,12H2,1-3H3. The van der Waals surface area contributed by atoms with Gasteiger partial charge in [-0.3, -0.25) is 0 Å². The highest BCUT2D eigenvalue weighted by Gasteiger charge is 2.25. The van der Waals surface area contributed by atoms with Crippen molar-refractivity contribution < 1.29 is 9.47 Å². The molecule has 1 unspecified atom stereocenters. The highest BCUT2D eigenvalue weighted by Crippen LogP contribution is 2.40. The summed E-state index contributed by atoms with van der Waals surface area (Å²) in [6.07, 6.45) is 7.05. The molecular weight excluding hydrogens is 250 g/mol. The summed E-state index contributed by atoms with van der Waals surface area (Å²) in [4.78, 5) is 0. The summed E-state index contributed by atoms with van der Waals surface area (Å²) in [7, 11) is 3.44. The van der Waals surface area contributed by atoms with E-state index in [0.717, 1.165) is 36.4 Å². The molecule has 1 N–H and O–H groups in total. The van der Waals surface area contributed by atoms with E-state index in [1.807, 2.05) is 18.2 Å². The molecule has 1 aliphatic rings. The van der Waals surface area contributed by atoms with Crippen molar-refractivity contribution in [3.05, 3.63) is 35.4 Å². The predicted molar refractivity (Wildman–Crippen MR) is 82.5 cm³/mol. The second-order valence-electron chi connectivity index (χ2n) is 5.13.